The Morgan fingerprint density at radius 3 is 2.71 bits per heavy atom. The van der Waals surface area contributed by atoms with Crippen LogP contribution >= 0.6 is 11.8 Å². The van der Waals surface area contributed by atoms with Gasteiger partial charge in [-0.15, -0.1) is 0 Å². The smallest absolute Gasteiger partial charge is 0.0702 e. The van der Waals surface area contributed by atoms with E-state index in [1.165, 1.54) is 37.2 Å². The van der Waals surface area contributed by atoms with E-state index in [1.54, 1.807) is 0 Å². The fraction of sp³-hybridized carbons (Fsp3) is 1.00. The number of hydrogen-bond donors (Lipinski definition) is 0. The average Bonchev–Trinajstić information content (AvgIpc) is 2.72. The van der Waals surface area contributed by atoms with Gasteiger partial charge in [0.25, 0.3) is 0 Å². The first-order valence-electron chi connectivity index (χ1n) is 5.76. The monoisotopic (exact) mass is 215 g/mol. The fourth-order valence-electron chi connectivity index (χ4n) is 2.38. The van der Waals surface area contributed by atoms with Gasteiger partial charge in [0.1, 0.15) is 0 Å². The van der Waals surface area contributed by atoms with Gasteiger partial charge in [0.2, 0.25) is 0 Å². The molecule has 82 valence electrons. The maximum Gasteiger partial charge on any atom is 0.0702 e. The van der Waals surface area contributed by atoms with Gasteiger partial charge in [0.15, 0.2) is 0 Å². The highest BCUT2D eigenvalue weighted by atomic mass is 32.2. The molecule has 0 spiro atoms. The van der Waals surface area contributed by atoms with Crippen LogP contribution in [0.5, 0.6) is 0 Å². The maximum atomic E-state index is 5.67. The van der Waals surface area contributed by atoms with Crippen LogP contribution in [0.25, 0.3) is 0 Å². The summed E-state index contributed by atoms with van der Waals surface area (Å²) >= 11 is 2.10. The number of ether oxygens (including phenoxy) is 1. The summed E-state index contributed by atoms with van der Waals surface area (Å²) in [6.45, 7) is 2.13. The third kappa shape index (κ3) is 2.88. The Bertz CT molecular complexity index is 165. The molecule has 2 nitrogen and oxygen atoms in total. The first-order chi connectivity index (χ1) is 6.86. The van der Waals surface area contributed by atoms with Gasteiger partial charge in [0, 0.05) is 19.2 Å². The van der Waals surface area contributed by atoms with E-state index in [1.807, 2.05) is 0 Å². The third-order valence-corrected chi connectivity index (χ3v) is 4.38. The average molecular weight is 215 g/mol. The van der Waals surface area contributed by atoms with Crippen LogP contribution in [0.3, 0.4) is 0 Å². The molecule has 3 heteroatoms. The van der Waals surface area contributed by atoms with Crippen molar-refractivity contribution in [3.8, 4) is 0 Å². The van der Waals surface area contributed by atoms with Crippen molar-refractivity contribution in [3.05, 3.63) is 0 Å². The van der Waals surface area contributed by atoms with Crippen molar-refractivity contribution < 1.29 is 4.74 Å². The van der Waals surface area contributed by atoms with Crippen molar-refractivity contribution in [1.29, 1.82) is 0 Å². The minimum Gasteiger partial charge on any atom is -0.377 e. The minimum atomic E-state index is 0.523. The topological polar surface area (TPSA) is 12.5 Å². The Kier molecular flexibility index (Phi) is 4.14. The Morgan fingerprint density at radius 1 is 1.29 bits per heavy atom. The van der Waals surface area contributed by atoms with E-state index in [0.29, 0.717) is 6.10 Å². The second-order valence-electron chi connectivity index (χ2n) is 4.42. The van der Waals surface area contributed by atoms with E-state index >= 15 is 0 Å². The number of nitrogens with zero attached hydrogens (tertiary/aromatic N) is 1. The molecule has 2 aliphatic heterocycles. The van der Waals surface area contributed by atoms with Gasteiger partial charge in [0.05, 0.1) is 6.10 Å². The molecule has 0 aromatic rings. The fourth-order valence-corrected chi connectivity index (χ4v) is 3.47. The molecule has 0 aromatic carbocycles. The lowest BCUT2D eigenvalue weighted by atomic mass is 10.1. The Hall–Kier alpha value is 0.270. The number of thioether (sulfide) groups is 1. The van der Waals surface area contributed by atoms with Crippen LogP contribution in [0.4, 0.5) is 0 Å². The lowest BCUT2D eigenvalue weighted by molar-refractivity contribution is 0.0665. The standard InChI is InChI=1S/C11H21NOS/c1-12(9-11-3-2-6-13-11)10-4-7-14-8-5-10/h10-11H,2-9H2,1H3. The Balaban J connectivity index is 1.72. The van der Waals surface area contributed by atoms with Crippen LogP contribution in [-0.4, -0.2) is 48.8 Å². The normalized spacial score (nSPS) is 30.0. The van der Waals surface area contributed by atoms with Gasteiger partial charge >= 0.3 is 0 Å². The summed E-state index contributed by atoms with van der Waals surface area (Å²) in [4.78, 5) is 2.52. The van der Waals surface area contributed by atoms with Crippen LogP contribution < -0.4 is 0 Å². The highest BCUT2D eigenvalue weighted by Gasteiger charge is 2.23. The quantitative estimate of drug-likeness (QED) is 0.714. The first kappa shape index (κ1) is 10.8. The number of likely N-dealkylation sites (N-methyl/N-ethyl adjacent to an activating group) is 1. The molecule has 2 aliphatic rings. The summed E-state index contributed by atoms with van der Waals surface area (Å²) in [6.07, 6.45) is 5.79. The molecule has 0 N–H and O–H groups in total. The van der Waals surface area contributed by atoms with Gasteiger partial charge in [-0.3, -0.25) is 0 Å². The second kappa shape index (κ2) is 5.38. The molecule has 2 heterocycles. The van der Waals surface area contributed by atoms with Crippen LogP contribution in [0.1, 0.15) is 25.7 Å². The van der Waals surface area contributed by atoms with E-state index < -0.39 is 0 Å². The van der Waals surface area contributed by atoms with Crippen molar-refractivity contribution in [2.24, 2.45) is 0 Å². The minimum absolute atomic E-state index is 0.523. The van der Waals surface area contributed by atoms with Crippen LogP contribution in [0, 0.1) is 0 Å². The lowest BCUT2D eigenvalue weighted by Gasteiger charge is -2.32. The third-order valence-electron chi connectivity index (χ3n) is 3.33. The molecule has 0 radical (unpaired) electrons. The van der Waals surface area contributed by atoms with Gasteiger partial charge in [-0.05, 0) is 44.2 Å². The van der Waals surface area contributed by atoms with Crippen LogP contribution in [0.2, 0.25) is 0 Å². The number of hydrogen-bond acceptors (Lipinski definition) is 3. The van der Waals surface area contributed by atoms with Crippen LogP contribution in [0.15, 0.2) is 0 Å². The van der Waals surface area contributed by atoms with E-state index in [4.69, 9.17) is 4.74 Å². The van der Waals surface area contributed by atoms with Crippen molar-refractivity contribution >= 4 is 11.8 Å². The van der Waals surface area contributed by atoms with Gasteiger partial charge in [-0.25, -0.2) is 0 Å². The molecule has 0 aromatic heterocycles. The predicted octanol–water partition coefficient (Wildman–Crippen LogP) is 1.99. The molecule has 0 amide bonds. The zero-order valence-electron chi connectivity index (χ0n) is 9.08. The molecule has 14 heavy (non-hydrogen) atoms. The highest BCUT2D eigenvalue weighted by molar-refractivity contribution is 7.99. The molecule has 1 unspecified atom stereocenters. The molecule has 0 saturated carbocycles. The molecule has 1 atom stereocenters. The van der Waals surface area contributed by atoms with Crippen molar-refractivity contribution in [2.45, 2.75) is 37.8 Å². The number of rotatable bonds is 3. The predicted molar refractivity (Wildman–Crippen MR) is 62.0 cm³/mol. The summed E-state index contributed by atoms with van der Waals surface area (Å²) in [5.74, 6) is 2.70. The molecule has 2 fully saturated rings. The van der Waals surface area contributed by atoms with Gasteiger partial charge in [-0.2, -0.15) is 11.8 Å². The summed E-state index contributed by atoms with van der Waals surface area (Å²) in [5.41, 5.74) is 0. The van der Waals surface area contributed by atoms with E-state index in [-0.39, 0.29) is 0 Å². The molecule has 0 aliphatic carbocycles. The van der Waals surface area contributed by atoms with E-state index in [2.05, 4.69) is 23.7 Å². The van der Waals surface area contributed by atoms with Crippen LogP contribution in [-0.2, 0) is 4.74 Å². The molecular weight excluding hydrogens is 194 g/mol. The summed E-state index contributed by atoms with van der Waals surface area (Å²) in [6, 6.07) is 0.820. The van der Waals surface area contributed by atoms with Crippen molar-refractivity contribution in [3.63, 3.8) is 0 Å². The van der Waals surface area contributed by atoms with E-state index in [0.717, 1.165) is 19.2 Å². The summed E-state index contributed by atoms with van der Waals surface area (Å²) < 4.78 is 5.67. The zero-order chi connectivity index (χ0) is 9.80. The maximum absolute atomic E-state index is 5.67. The largest absolute Gasteiger partial charge is 0.377 e. The summed E-state index contributed by atoms with van der Waals surface area (Å²) in [5, 5.41) is 0. The lowest BCUT2D eigenvalue weighted by Crippen LogP contribution is -2.39. The Morgan fingerprint density at radius 2 is 2.07 bits per heavy atom. The van der Waals surface area contributed by atoms with Crippen molar-refractivity contribution in [2.75, 3.05) is 31.7 Å². The molecular formula is C11H21NOS. The highest BCUT2D eigenvalue weighted by Crippen LogP contribution is 2.22. The SMILES string of the molecule is CN(CC1CCCO1)C1CCSCC1. The van der Waals surface area contributed by atoms with Gasteiger partial charge < -0.3 is 9.64 Å². The molecule has 2 rings (SSSR count). The Labute approximate surface area is 91.4 Å². The first-order valence-corrected chi connectivity index (χ1v) is 6.91. The van der Waals surface area contributed by atoms with Gasteiger partial charge in [-0.1, -0.05) is 0 Å². The molecule has 2 saturated heterocycles. The second-order valence-corrected chi connectivity index (χ2v) is 5.64. The molecule has 0 bridgehead atoms. The van der Waals surface area contributed by atoms with Crippen molar-refractivity contribution in [1.82, 2.24) is 4.90 Å². The van der Waals surface area contributed by atoms with E-state index in [9.17, 15) is 0 Å². The zero-order valence-corrected chi connectivity index (χ0v) is 9.89. The summed E-state index contributed by atoms with van der Waals surface area (Å²) in [7, 11) is 2.27.